The fourth-order valence-electron chi connectivity index (χ4n) is 1.78. The van der Waals surface area contributed by atoms with Crippen LogP contribution < -0.4 is 4.31 Å². The number of rotatable bonds is 1. The molecule has 80 valence electrons. The maximum Gasteiger partial charge on any atom is 0.235 e. The summed E-state index contributed by atoms with van der Waals surface area (Å²) in [6.07, 6.45) is 0.698. The van der Waals surface area contributed by atoms with E-state index < -0.39 is 15.9 Å². The average molecular weight is 225 g/mol. The molecule has 1 aromatic rings. The molecule has 0 spiro atoms. The lowest BCUT2D eigenvalue weighted by Crippen LogP contribution is -2.37. The maximum absolute atomic E-state index is 11.7. The van der Waals surface area contributed by atoms with E-state index >= 15 is 0 Å². The molecule has 1 unspecified atom stereocenters. The Hall–Kier alpha value is -1.36. The van der Waals surface area contributed by atoms with E-state index in [2.05, 4.69) is 0 Å². The van der Waals surface area contributed by atoms with Crippen molar-refractivity contribution in [2.24, 2.45) is 0 Å². The third-order valence-corrected chi connectivity index (χ3v) is 4.46. The standard InChI is InChI=1S/C10H11NO3S/c1-11-10-5-3-2-4-9(10)8(6-12)7-15(11,13)14/h2-6,8H,7H2,1H3. The minimum atomic E-state index is -3.33. The number of anilines is 1. The van der Waals surface area contributed by atoms with Crippen LogP contribution in [0.15, 0.2) is 24.3 Å². The summed E-state index contributed by atoms with van der Waals surface area (Å²) in [5, 5.41) is 0. The Kier molecular flexibility index (Phi) is 2.26. The Morgan fingerprint density at radius 1 is 1.40 bits per heavy atom. The molecule has 1 aliphatic heterocycles. The highest BCUT2D eigenvalue weighted by atomic mass is 32.2. The predicted octanol–water partition coefficient (Wildman–Crippen LogP) is 0.749. The molecule has 1 atom stereocenters. The molecule has 0 saturated carbocycles. The lowest BCUT2D eigenvalue weighted by Gasteiger charge is -2.30. The van der Waals surface area contributed by atoms with Crippen molar-refractivity contribution >= 4 is 22.0 Å². The first-order chi connectivity index (χ1) is 7.06. The lowest BCUT2D eigenvalue weighted by atomic mass is 10.0. The zero-order valence-corrected chi connectivity index (χ0v) is 9.07. The average Bonchev–Trinajstić information content (AvgIpc) is 2.24. The van der Waals surface area contributed by atoms with Crippen LogP contribution in [-0.2, 0) is 14.8 Å². The Morgan fingerprint density at radius 2 is 2.07 bits per heavy atom. The normalized spacial score (nSPS) is 23.3. The molecule has 5 heteroatoms. The Labute approximate surface area is 88.6 Å². The van der Waals surface area contributed by atoms with Gasteiger partial charge in [0.2, 0.25) is 10.0 Å². The van der Waals surface area contributed by atoms with Gasteiger partial charge in [0.1, 0.15) is 6.29 Å². The summed E-state index contributed by atoms with van der Waals surface area (Å²) in [6, 6.07) is 7.07. The number of hydrogen-bond acceptors (Lipinski definition) is 3. The summed E-state index contributed by atoms with van der Waals surface area (Å²) >= 11 is 0. The number of carbonyl (C=O) groups excluding carboxylic acids is 1. The summed E-state index contributed by atoms with van der Waals surface area (Å²) in [5.74, 6) is -0.674. The summed E-state index contributed by atoms with van der Waals surface area (Å²) in [6.45, 7) is 0. The minimum absolute atomic E-state index is 0.135. The van der Waals surface area contributed by atoms with Crippen molar-refractivity contribution < 1.29 is 13.2 Å². The van der Waals surface area contributed by atoms with Crippen LogP contribution >= 0.6 is 0 Å². The topological polar surface area (TPSA) is 54.5 Å². The number of fused-ring (bicyclic) bond motifs is 1. The Morgan fingerprint density at radius 3 is 2.73 bits per heavy atom. The zero-order chi connectivity index (χ0) is 11.1. The Bertz CT molecular complexity index is 495. The van der Waals surface area contributed by atoms with E-state index in [4.69, 9.17) is 0 Å². The third-order valence-electron chi connectivity index (χ3n) is 2.65. The molecule has 0 fully saturated rings. The molecule has 0 radical (unpaired) electrons. The van der Waals surface area contributed by atoms with E-state index in [9.17, 15) is 13.2 Å². The van der Waals surface area contributed by atoms with Crippen molar-refractivity contribution in [1.29, 1.82) is 0 Å². The molecule has 1 aromatic carbocycles. The van der Waals surface area contributed by atoms with Crippen LogP contribution in [0.4, 0.5) is 5.69 Å². The first-order valence-electron chi connectivity index (χ1n) is 4.57. The van der Waals surface area contributed by atoms with Crippen molar-refractivity contribution in [3.63, 3.8) is 0 Å². The number of nitrogens with zero attached hydrogens (tertiary/aromatic N) is 1. The molecule has 4 nitrogen and oxygen atoms in total. The molecule has 0 aromatic heterocycles. The SMILES string of the molecule is CN1c2ccccc2C(C=O)CS1(=O)=O. The first kappa shape index (κ1) is 10.2. The smallest absolute Gasteiger partial charge is 0.235 e. The predicted molar refractivity (Wildman–Crippen MR) is 57.4 cm³/mol. The molecular formula is C10H11NO3S. The molecular weight excluding hydrogens is 214 g/mol. The second-order valence-corrected chi connectivity index (χ2v) is 5.59. The van der Waals surface area contributed by atoms with Crippen LogP contribution in [0, 0.1) is 0 Å². The van der Waals surface area contributed by atoms with Gasteiger partial charge >= 0.3 is 0 Å². The number of aldehydes is 1. The summed E-state index contributed by atoms with van der Waals surface area (Å²) < 4.78 is 24.6. The molecule has 0 N–H and O–H groups in total. The largest absolute Gasteiger partial charge is 0.303 e. The van der Waals surface area contributed by atoms with Crippen molar-refractivity contribution in [2.45, 2.75) is 5.92 Å². The molecule has 1 heterocycles. The van der Waals surface area contributed by atoms with Gasteiger partial charge in [-0.05, 0) is 11.6 Å². The van der Waals surface area contributed by atoms with Crippen LogP contribution in [0.1, 0.15) is 11.5 Å². The van der Waals surface area contributed by atoms with Crippen molar-refractivity contribution in [3.05, 3.63) is 29.8 Å². The molecule has 0 amide bonds. The van der Waals surface area contributed by atoms with Gasteiger partial charge in [-0.2, -0.15) is 0 Å². The zero-order valence-electron chi connectivity index (χ0n) is 8.25. The number of carbonyl (C=O) groups is 1. The van der Waals surface area contributed by atoms with Crippen molar-refractivity contribution in [2.75, 3.05) is 17.1 Å². The van der Waals surface area contributed by atoms with Crippen LogP contribution in [0.3, 0.4) is 0 Å². The van der Waals surface area contributed by atoms with Gasteiger partial charge in [0, 0.05) is 7.05 Å². The van der Waals surface area contributed by atoms with Crippen LogP contribution in [0.2, 0.25) is 0 Å². The van der Waals surface area contributed by atoms with Gasteiger partial charge in [0.05, 0.1) is 17.4 Å². The highest BCUT2D eigenvalue weighted by Crippen LogP contribution is 2.33. The highest BCUT2D eigenvalue weighted by molar-refractivity contribution is 7.92. The quantitative estimate of drug-likeness (QED) is 0.663. The van der Waals surface area contributed by atoms with Crippen LogP contribution in [0.5, 0.6) is 0 Å². The highest BCUT2D eigenvalue weighted by Gasteiger charge is 2.33. The van der Waals surface area contributed by atoms with E-state index in [1.165, 1.54) is 11.4 Å². The van der Waals surface area contributed by atoms with Crippen molar-refractivity contribution in [1.82, 2.24) is 0 Å². The number of hydrogen-bond donors (Lipinski definition) is 0. The van der Waals surface area contributed by atoms with E-state index in [-0.39, 0.29) is 5.75 Å². The van der Waals surface area contributed by atoms with Gasteiger partial charge in [-0.1, -0.05) is 18.2 Å². The number of benzene rings is 1. The molecule has 2 rings (SSSR count). The van der Waals surface area contributed by atoms with Crippen LogP contribution in [0.25, 0.3) is 0 Å². The lowest BCUT2D eigenvalue weighted by molar-refractivity contribution is -0.108. The van der Waals surface area contributed by atoms with Gasteiger partial charge < -0.3 is 4.79 Å². The van der Waals surface area contributed by atoms with Crippen molar-refractivity contribution in [3.8, 4) is 0 Å². The van der Waals surface area contributed by atoms with Gasteiger partial charge in [-0.3, -0.25) is 4.31 Å². The fourth-order valence-corrected chi connectivity index (χ4v) is 3.18. The maximum atomic E-state index is 11.7. The molecule has 0 bridgehead atoms. The van der Waals surface area contributed by atoms with Gasteiger partial charge in [0.25, 0.3) is 0 Å². The second kappa shape index (κ2) is 3.34. The van der Waals surface area contributed by atoms with Crippen LogP contribution in [-0.4, -0.2) is 27.5 Å². The molecule has 15 heavy (non-hydrogen) atoms. The molecule has 0 aliphatic carbocycles. The molecule has 1 aliphatic rings. The molecule has 0 saturated heterocycles. The first-order valence-corrected chi connectivity index (χ1v) is 6.18. The van der Waals surface area contributed by atoms with E-state index in [0.29, 0.717) is 12.0 Å². The van der Waals surface area contributed by atoms with Gasteiger partial charge in [0.15, 0.2) is 0 Å². The minimum Gasteiger partial charge on any atom is -0.303 e. The third kappa shape index (κ3) is 1.52. The number of sulfonamides is 1. The summed E-state index contributed by atoms with van der Waals surface area (Å²) in [4.78, 5) is 10.8. The van der Waals surface area contributed by atoms with E-state index in [1.807, 2.05) is 0 Å². The van der Waals surface area contributed by atoms with Gasteiger partial charge in [-0.15, -0.1) is 0 Å². The van der Waals surface area contributed by atoms with E-state index in [0.717, 1.165) is 5.56 Å². The summed E-state index contributed by atoms with van der Waals surface area (Å²) in [5.41, 5.74) is 1.38. The van der Waals surface area contributed by atoms with Gasteiger partial charge in [-0.25, -0.2) is 8.42 Å². The Balaban J connectivity index is 2.64. The van der Waals surface area contributed by atoms with E-state index in [1.54, 1.807) is 24.3 Å². The number of para-hydroxylation sites is 1. The monoisotopic (exact) mass is 225 g/mol. The fraction of sp³-hybridized carbons (Fsp3) is 0.300. The summed E-state index contributed by atoms with van der Waals surface area (Å²) in [7, 11) is -1.82. The second-order valence-electron chi connectivity index (χ2n) is 3.55.